The standard InChI is InChI=1S/C43H53BrN6O6/c1-27(29-10-8-12-31(44)20-29)45-40-34-22-36(54-7)37(23-35(34)46-28(2)47-40)56-26-42(3,4)25-43(5,6)50-18-16-49(17-19-50)39(52)24-55-32-13-9-11-30(21-32)33-14-15-38(51)48-41(33)53/h8-13,20-23,27,33H,14-19,24-26H2,1-7H3,(H,45,46,47)(H,48,51,53)/t27-,33?/m1/s1. The maximum absolute atomic E-state index is 13.2. The molecule has 2 atom stereocenters. The summed E-state index contributed by atoms with van der Waals surface area (Å²) < 4.78 is 19.2. The van der Waals surface area contributed by atoms with Crippen LogP contribution in [0.15, 0.2) is 65.1 Å². The number of aryl methyl sites for hydroxylation is 1. The van der Waals surface area contributed by atoms with Gasteiger partial charge in [0.2, 0.25) is 11.8 Å². The van der Waals surface area contributed by atoms with Gasteiger partial charge in [-0.05, 0) is 82.0 Å². The molecule has 298 valence electrons. The summed E-state index contributed by atoms with van der Waals surface area (Å²) in [5.41, 5.74) is 2.33. The Labute approximate surface area is 337 Å². The number of halogens is 1. The number of amides is 3. The van der Waals surface area contributed by atoms with Gasteiger partial charge in [-0.2, -0.15) is 0 Å². The Hall–Kier alpha value is -4.75. The molecule has 2 N–H and O–H groups in total. The van der Waals surface area contributed by atoms with Crippen LogP contribution in [0, 0.1) is 12.3 Å². The molecule has 3 aromatic carbocycles. The van der Waals surface area contributed by atoms with Crippen molar-refractivity contribution in [2.75, 3.05) is 51.8 Å². The number of piperazine rings is 1. The number of hydrogen-bond acceptors (Lipinski definition) is 10. The van der Waals surface area contributed by atoms with Crippen molar-refractivity contribution >= 4 is 50.4 Å². The minimum absolute atomic E-state index is 0.0111. The van der Waals surface area contributed by atoms with Gasteiger partial charge >= 0.3 is 0 Å². The SMILES string of the molecule is COc1cc2c(N[C@H](C)c3cccc(Br)c3)nc(C)nc2cc1OCC(C)(C)CC(C)(C)N1CCN(C(=O)COc2cccc(C3CCC(=O)NC3=O)c2)CC1. The first-order chi connectivity index (χ1) is 26.6. The van der Waals surface area contributed by atoms with Gasteiger partial charge in [-0.15, -0.1) is 0 Å². The Kier molecular flexibility index (Phi) is 12.5. The van der Waals surface area contributed by atoms with Crippen molar-refractivity contribution in [2.45, 2.75) is 78.3 Å². The first-order valence-electron chi connectivity index (χ1n) is 19.2. The summed E-state index contributed by atoms with van der Waals surface area (Å²) in [5.74, 6) is 2.14. The van der Waals surface area contributed by atoms with E-state index in [1.54, 1.807) is 25.3 Å². The molecule has 2 fully saturated rings. The molecule has 6 rings (SSSR count). The third kappa shape index (κ3) is 9.97. The molecule has 2 aliphatic rings. The van der Waals surface area contributed by atoms with Crippen LogP contribution in [0.2, 0.25) is 0 Å². The van der Waals surface area contributed by atoms with Gasteiger partial charge < -0.3 is 24.4 Å². The number of aromatic nitrogens is 2. The Morgan fingerprint density at radius 3 is 2.45 bits per heavy atom. The van der Waals surface area contributed by atoms with Crippen LogP contribution < -0.4 is 24.8 Å². The molecule has 0 radical (unpaired) electrons. The number of imide groups is 1. The maximum atomic E-state index is 13.2. The topological polar surface area (TPSA) is 135 Å². The average molecular weight is 830 g/mol. The monoisotopic (exact) mass is 828 g/mol. The maximum Gasteiger partial charge on any atom is 0.260 e. The highest BCUT2D eigenvalue weighted by molar-refractivity contribution is 9.10. The highest BCUT2D eigenvalue weighted by Crippen LogP contribution is 2.38. The summed E-state index contributed by atoms with van der Waals surface area (Å²) in [6.07, 6.45) is 1.62. The summed E-state index contributed by atoms with van der Waals surface area (Å²) in [7, 11) is 1.65. The molecule has 56 heavy (non-hydrogen) atoms. The molecular formula is C43H53BrN6O6. The first-order valence-corrected chi connectivity index (χ1v) is 20.0. The van der Waals surface area contributed by atoms with Crippen LogP contribution in [0.25, 0.3) is 10.9 Å². The van der Waals surface area contributed by atoms with E-state index in [9.17, 15) is 14.4 Å². The molecule has 2 saturated heterocycles. The zero-order valence-corrected chi connectivity index (χ0v) is 35.0. The molecule has 3 heterocycles. The van der Waals surface area contributed by atoms with Crippen molar-refractivity contribution in [2.24, 2.45) is 5.41 Å². The van der Waals surface area contributed by atoms with E-state index in [1.165, 1.54) is 0 Å². The van der Waals surface area contributed by atoms with E-state index in [2.05, 4.69) is 78.2 Å². The van der Waals surface area contributed by atoms with E-state index in [0.29, 0.717) is 55.6 Å². The molecule has 13 heteroatoms. The lowest BCUT2D eigenvalue weighted by molar-refractivity contribution is -0.136. The van der Waals surface area contributed by atoms with Crippen molar-refractivity contribution in [1.82, 2.24) is 25.1 Å². The van der Waals surface area contributed by atoms with Crippen LogP contribution in [-0.4, -0.2) is 89.5 Å². The largest absolute Gasteiger partial charge is 0.493 e. The van der Waals surface area contributed by atoms with E-state index < -0.39 is 5.92 Å². The number of nitrogens with one attached hydrogen (secondary N) is 2. The molecule has 3 amide bonds. The van der Waals surface area contributed by atoms with E-state index in [4.69, 9.17) is 24.2 Å². The average Bonchev–Trinajstić information content (AvgIpc) is 3.15. The van der Waals surface area contributed by atoms with Crippen molar-refractivity contribution in [1.29, 1.82) is 0 Å². The number of carbonyl (C=O) groups excluding carboxylic acids is 3. The summed E-state index contributed by atoms with van der Waals surface area (Å²) in [5, 5.41) is 6.82. The second kappa shape index (κ2) is 17.2. The summed E-state index contributed by atoms with van der Waals surface area (Å²) >= 11 is 3.57. The molecule has 1 unspecified atom stereocenters. The van der Waals surface area contributed by atoms with E-state index in [0.717, 1.165) is 51.8 Å². The Bertz CT molecular complexity index is 2080. The normalized spacial score (nSPS) is 17.4. The minimum Gasteiger partial charge on any atom is -0.493 e. The zero-order valence-electron chi connectivity index (χ0n) is 33.4. The number of piperidine rings is 1. The number of ether oxygens (including phenoxy) is 3. The van der Waals surface area contributed by atoms with Crippen molar-refractivity contribution in [3.63, 3.8) is 0 Å². The van der Waals surface area contributed by atoms with E-state index in [-0.39, 0.29) is 41.3 Å². The predicted octanol–water partition coefficient (Wildman–Crippen LogP) is 7.20. The predicted molar refractivity (Wildman–Crippen MR) is 220 cm³/mol. The van der Waals surface area contributed by atoms with Crippen molar-refractivity contribution in [3.8, 4) is 17.2 Å². The number of benzene rings is 3. The lowest BCUT2D eigenvalue weighted by Crippen LogP contribution is -2.57. The number of methoxy groups -OCH3 is 1. The molecule has 12 nitrogen and oxygen atoms in total. The van der Waals surface area contributed by atoms with Crippen molar-refractivity contribution in [3.05, 3.63) is 82.1 Å². The van der Waals surface area contributed by atoms with Gasteiger partial charge in [0, 0.05) is 59.5 Å². The van der Waals surface area contributed by atoms with Crippen LogP contribution in [0.3, 0.4) is 0 Å². The van der Waals surface area contributed by atoms with Crippen LogP contribution in [-0.2, 0) is 14.4 Å². The van der Waals surface area contributed by atoms with Crippen LogP contribution in [0.4, 0.5) is 5.82 Å². The quantitative estimate of drug-likeness (QED) is 0.126. The molecule has 0 aliphatic carbocycles. The summed E-state index contributed by atoms with van der Waals surface area (Å²) in [6, 6.07) is 19.3. The fourth-order valence-electron chi connectivity index (χ4n) is 7.94. The van der Waals surface area contributed by atoms with E-state index >= 15 is 0 Å². The van der Waals surface area contributed by atoms with Gasteiger partial charge in [0.15, 0.2) is 18.1 Å². The van der Waals surface area contributed by atoms with Crippen LogP contribution >= 0.6 is 15.9 Å². The number of carbonyl (C=O) groups is 3. The van der Waals surface area contributed by atoms with Gasteiger partial charge in [-0.3, -0.25) is 24.6 Å². The number of anilines is 1. The van der Waals surface area contributed by atoms with Gasteiger partial charge in [-0.25, -0.2) is 9.97 Å². The van der Waals surface area contributed by atoms with Crippen molar-refractivity contribution < 1.29 is 28.6 Å². The molecule has 0 saturated carbocycles. The second-order valence-electron chi connectivity index (χ2n) is 16.2. The number of nitrogens with zero attached hydrogens (tertiary/aromatic N) is 4. The third-order valence-corrected chi connectivity index (χ3v) is 11.2. The summed E-state index contributed by atoms with van der Waals surface area (Å²) in [4.78, 5) is 50.9. The molecule has 2 aliphatic heterocycles. The minimum atomic E-state index is -0.407. The fraction of sp³-hybridized carbons (Fsp3) is 0.465. The lowest BCUT2D eigenvalue weighted by atomic mass is 9.79. The molecule has 4 aromatic rings. The fourth-order valence-corrected chi connectivity index (χ4v) is 8.35. The van der Waals surface area contributed by atoms with Gasteiger partial charge in [0.05, 0.1) is 31.2 Å². The number of rotatable bonds is 14. The third-order valence-electron chi connectivity index (χ3n) is 10.7. The Morgan fingerprint density at radius 1 is 0.982 bits per heavy atom. The second-order valence-corrected chi connectivity index (χ2v) is 17.2. The Balaban J connectivity index is 1.02. The van der Waals surface area contributed by atoms with Gasteiger partial charge in [0.1, 0.15) is 17.4 Å². The van der Waals surface area contributed by atoms with Crippen LogP contribution in [0.5, 0.6) is 17.2 Å². The number of fused-ring (bicyclic) bond motifs is 1. The molecular weight excluding hydrogens is 776 g/mol. The lowest BCUT2D eigenvalue weighted by Gasteiger charge is -2.47. The highest BCUT2D eigenvalue weighted by atomic mass is 79.9. The van der Waals surface area contributed by atoms with Gasteiger partial charge in [-0.1, -0.05) is 54.0 Å². The molecule has 1 aromatic heterocycles. The van der Waals surface area contributed by atoms with Crippen LogP contribution in [0.1, 0.15) is 82.8 Å². The van der Waals surface area contributed by atoms with E-state index in [1.807, 2.05) is 42.2 Å². The first kappa shape index (κ1) is 40.9. The smallest absolute Gasteiger partial charge is 0.260 e. The number of hydrogen-bond donors (Lipinski definition) is 2. The highest BCUT2D eigenvalue weighted by Gasteiger charge is 2.37. The van der Waals surface area contributed by atoms with Gasteiger partial charge in [0.25, 0.3) is 5.91 Å². The molecule has 0 spiro atoms. The molecule has 0 bridgehead atoms. The zero-order chi connectivity index (χ0) is 40.2. The summed E-state index contributed by atoms with van der Waals surface area (Å²) in [6.45, 7) is 16.0. The Morgan fingerprint density at radius 2 is 1.73 bits per heavy atom.